The molecule has 0 radical (unpaired) electrons. The molecule has 4 heteroatoms. The molecule has 0 unspecified atom stereocenters. The van der Waals surface area contributed by atoms with Crippen LogP contribution in [0.15, 0.2) is 84.2 Å². The first kappa shape index (κ1) is 13.8. The number of hydrogen-bond donors (Lipinski definition) is 1. The smallest absolute Gasteiger partial charge is 0.273 e. The van der Waals surface area contributed by atoms with E-state index >= 15 is 0 Å². The molecule has 0 saturated heterocycles. The number of hydrogen-bond acceptors (Lipinski definition) is 2. The number of carbonyl (C=O) groups is 1. The number of para-hydroxylation sites is 1. The second-order valence-corrected chi connectivity index (χ2v) is 4.72. The number of hydrazone groups is 1. The van der Waals surface area contributed by atoms with Gasteiger partial charge in [-0.15, -0.1) is 0 Å². The van der Waals surface area contributed by atoms with Crippen LogP contribution in [0.2, 0.25) is 0 Å². The lowest BCUT2D eigenvalue weighted by atomic mass is 10.1. The zero-order valence-electron chi connectivity index (χ0n) is 11.9. The number of nitrogens with one attached hydrogen (secondary N) is 1. The van der Waals surface area contributed by atoms with Gasteiger partial charge in [-0.25, -0.2) is 5.43 Å². The highest BCUT2D eigenvalue weighted by molar-refractivity contribution is 5.98. The SMILES string of the molecule is O=C(N/N=C\c1ccccc1)c1ccccc1-n1cccc1. The van der Waals surface area contributed by atoms with E-state index in [0.29, 0.717) is 5.56 Å². The summed E-state index contributed by atoms with van der Waals surface area (Å²) in [6, 6.07) is 20.9. The average molecular weight is 289 g/mol. The van der Waals surface area contributed by atoms with Crippen molar-refractivity contribution in [1.82, 2.24) is 9.99 Å². The monoisotopic (exact) mass is 289 g/mol. The van der Waals surface area contributed by atoms with Crippen LogP contribution in [0.4, 0.5) is 0 Å². The van der Waals surface area contributed by atoms with Gasteiger partial charge >= 0.3 is 0 Å². The Morgan fingerprint density at radius 2 is 1.59 bits per heavy atom. The summed E-state index contributed by atoms with van der Waals surface area (Å²) in [5.74, 6) is -0.239. The highest BCUT2D eigenvalue weighted by Crippen LogP contribution is 2.14. The maximum Gasteiger partial charge on any atom is 0.273 e. The highest BCUT2D eigenvalue weighted by atomic mass is 16.2. The van der Waals surface area contributed by atoms with Crippen LogP contribution in [-0.4, -0.2) is 16.7 Å². The summed E-state index contributed by atoms with van der Waals surface area (Å²) in [7, 11) is 0. The summed E-state index contributed by atoms with van der Waals surface area (Å²) in [6.45, 7) is 0. The minimum Gasteiger partial charge on any atom is -0.323 e. The predicted octanol–water partition coefficient (Wildman–Crippen LogP) is 3.24. The van der Waals surface area contributed by atoms with Crippen LogP contribution in [0.3, 0.4) is 0 Å². The van der Waals surface area contributed by atoms with E-state index in [9.17, 15) is 4.79 Å². The second-order valence-electron chi connectivity index (χ2n) is 4.72. The lowest BCUT2D eigenvalue weighted by Gasteiger charge is -2.08. The van der Waals surface area contributed by atoms with Crippen molar-refractivity contribution in [2.24, 2.45) is 5.10 Å². The summed E-state index contributed by atoms with van der Waals surface area (Å²) in [6.07, 6.45) is 5.43. The average Bonchev–Trinajstić information content (AvgIpc) is 3.10. The standard InChI is InChI=1S/C18H15N3O/c22-18(20-19-14-15-8-2-1-3-9-15)16-10-4-5-11-17(16)21-12-6-7-13-21/h1-14H,(H,20,22)/b19-14-. The van der Waals surface area contributed by atoms with Crippen molar-refractivity contribution in [3.05, 3.63) is 90.3 Å². The van der Waals surface area contributed by atoms with Crippen molar-refractivity contribution in [1.29, 1.82) is 0 Å². The molecular weight excluding hydrogens is 274 g/mol. The van der Waals surface area contributed by atoms with E-state index in [1.165, 1.54) is 0 Å². The quantitative estimate of drug-likeness (QED) is 0.581. The van der Waals surface area contributed by atoms with Crippen LogP contribution in [0.5, 0.6) is 0 Å². The molecule has 1 amide bonds. The Labute approximate surface area is 128 Å². The van der Waals surface area contributed by atoms with Crippen molar-refractivity contribution in [3.8, 4) is 5.69 Å². The lowest BCUT2D eigenvalue weighted by Crippen LogP contribution is -2.19. The fraction of sp³-hybridized carbons (Fsp3) is 0. The lowest BCUT2D eigenvalue weighted by molar-refractivity contribution is 0.0955. The van der Waals surface area contributed by atoms with Gasteiger partial charge in [-0.05, 0) is 29.8 Å². The maximum atomic E-state index is 12.3. The summed E-state index contributed by atoms with van der Waals surface area (Å²) in [5, 5.41) is 4.01. The van der Waals surface area contributed by atoms with Crippen molar-refractivity contribution in [2.45, 2.75) is 0 Å². The van der Waals surface area contributed by atoms with E-state index in [0.717, 1.165) is 11.3 Å². The van der Waals surface area contributed by atoms with Crippen molar-refractivity contribution in [3.63, 3.8) is 0 Å². The Morgan fingerprint density at radius 1 is 0.909 bits per heavy atom. The molecule has 0 atom stereocenters. The molecule has 3 rings (SSSR count). The van der Waals surface area contributed by atoms with E-state index < -0.39 is 0 Å². The fourth-order valence-corrected chi connectivity index (χ4v) is 2.15. The molecule has 0 fully saturated rings. The van der Waals surface area contributed by atoms with E-state index in [2.05, 4.69) is 10.5 Å². The molecule has 0 aliphatic carbocycles. The van der Waals surface area contributed by atoms with Crippen molar-refractivity contribution < 1.29 is 4.79 Å². The van der Waals surface area contributed by atoms with E-state index in [1.54, 1.807) is 12.3 Å². The Morgan fingerprint density at radius 3 is 2.36 bits per heavy atom. The molecule has 0 aliphatic rings. The number of rotatable bonds is 4. The number of amides is 1. The first-order valence-electron chi connectivity index (χ1n) is 6.95. The third-order valence-electron chi connectivity index (χ3n) is 3.21. The van der Waals surface area contributed by atoms with Crippen LogP contribution >= 0.6 is 0 Å². The largest absolute Gasteiger partial charge is 0.323 e. The molecule has 4 nitrogen and oxygen atoms in total. The van der Waals surface area contributed by atoms with Crippen molar-refractivity contribution in [2.75, 3.05) is 0 Å². The van der Waals surface area contributed by atoms with Gasteiger partial charge < -0.3 is 4.57 Å². The molecule has 2 aromatic carbocycles. The van der Waals surface area contributed by atoms with E-state index in [1.807, 2.05) is 77.6 Å². The van der Waals surface area contributed by atoms with Gasteiger partial charge in [0.05, 0.1) is 17.5 Å². The Bertz CT molecular complexity index is 777. The minimum atomic E-state index is -0.239. The fourth-order valence-electron chi connectivity index (χ4n) is 2.15. The molecule has 0 spiro atoms. The predicted molar refractivity (Wildman–Crippen MR) is 87.3 cm³/mol. The van der Waals surface area contributed by atoms with Gasteiger partial charge in [-0.2, -0.15) is 5.10 Å². The zero-order chi connectivity index (χ0) is 15.2. The van der Waals surface area contributed by atoms with Crippen LogP contribution in [-0.2, 0) is 0 Å². The molecule has 3 aromatic rings. The minimum absolute atomic E-state index is 0.239. The van der Waals surface area contributed by atoms with Gasteiger partial charge in [0.2, 0.25) is 0 Å². The first-order chi connectivity index (χ1) is 10.8. The Kier molecular flexibility index (Phi) is 4.11. The van der Waals surface area contributed by atoms with Gasteiger partial charge in [-0.3, -0.25) is 4.79 Å². The second kappa shape index (κ2) is 6.54. The number of benzene rings is 2. The van der Waals surface area contributed by atoms with Gasteiger partial charge in [0.15, 0.2) is 0 Å². The van der Waals surface area contributed by atoms with Crippen molar-refractivity contribution >= 4 is 12.1 Å². The van der Waals surface area contributed by atoms with E-state index in [-0.39, 0.29) is 5.91 Å². The molecule has 1 N–H and O–H groups in total. The molecule has 1 heterocycles. The molecule has 1 aromatic heterocycles. The molecule has 0 bridgehead atoms. The van der Waals surface area contributed by atoms with E-state index in [4.69, 9.17) is 0 Å². The number of nitrogens with zero attached hydrogens (tertiary/aromatic N) is 2. The Hall–Kier alpha value is -3.14. The van der Waals surface area contributed by atoms with Crippen LogP contribution in [0, 0.1) is 0 Å². The summed E-state index contributed by atoms with van der Waals surface area (Å²) in [4.78, 5) is 12.3. The van der Waals surface area contributed by atoms with Gasteiger partial charge in [0, 0.05) is 12.4 Å². The van der Waals surface area contributed by atoms with Crippen LogP contribution in [0.1, 0.15) is 15.9 Å². The summed E-state index contributed by atoms with van der Waals surface area (Å²) < 4.78 is 1.90. The third kappa shape index (κ3) is 3.12. The van der Waals surface area contributed by atoms with Gasteiger partial charge in [0.1, 0.15) is 0 Å². The highest BCUT2D eigenvalue weighted by Gasteiger charge is 2.10. The van der Waals surface area contributed by atoms with Gasteiger partial charge in [-0.1, -0.05) is 42.5 Å². The Balaban J connectivity index is 1.77. The molecular formula is C18H15N3O. The third-order valence-corrected chi connectivity index (χ3v) is 3.21. The van der Waals surface area contributed by atoms with Gasteiger partial charge in [0.25, 0.3) is 5.91 Å². The van der Waals surface area contributed by atoms with Crippen LogP contribution < -0.4 is 5.43 Å². The molecule has 0 saturated carbocycles. The summed E-state index contributed by atoms with van der Waals surface area (Å²) >= 11 is 0. The first-order valence-corrected chi connectivity index (χ1v) is 6.95. The van der Waals surface area contributed by atoms with Crippen LogP contribution in [0.25, 0.3) is 5.69 Å². The topological polar surface area (TPSA) is 46.4 Å². The molecule has 22 heavy (non-hydrogen) atoms. The molecule has 108 valence electrons. The molecule has 0 aliphatic heterocycles. The zero-order valence-corrected chi connectivity index (χ0v) is 11.9. The number of aromatic nitrogens is 1. The number of carbonyl (C=O) groups excluding carboxylic acids is 1. The maximum absolute atomic E-state index is 12.3. The normalized spacial score (nSPS) is 10.7. The summed E-state index contributed by atoms with van der Waals surface area (Å²) in [5.41, 5.74) is 4.89.